The van der Waals surface area contributed by atoms with Crippen molar-refractivity contribution in [2.75, 3.05) is 0 Å². The van der Waals surface area contributed by atoms with Crippen LogP contribution >= 0.6 is 37.0 Å². The van der Waals surface area contributed by atoms with Crippen LogP contribution in [0, 0.1) is 0 Å². The van der Waals surface area contributed by atoms with E-state index in [9.17, 15) is 0 Å². The first-order chi connectivity index (χ1) is 3.13. The Morgan fingerprint density at radius 2 is 1.43 bits per heavy atom. The topological polar surface area (TPSA) is 0 Å². The van der Waals surface area contributed by atoms with Gasteiger partial charge < -0.3 is 0 Å². The van der Waals surface area contributed by atoms with Crippen molar-refractivity contribution >= 4 is 37.0 Å². The predicted molar refractivity (Wildman–Crippen MR) is 43.8 cm³/mol. The van der Waals surface area contributed by atoms with Gasteiger partial charge in [-0.2, -0.15) is 0 Å². The second-order valence-corrected chi connectivity index (χ2v) is 3.76. The molecule has 0 atom stereocenters. The van der Waals surface area contributed by atoms with Crippen molar-refractivity contribution in [3.05, 3.63) is 21.6 Å². The van der Waals surface area contributed by atoms with Gasteiger partial charge in [0.15, 0.2) is 0 Å². The summed E-state index contributed by atoms with van der Waals surface area (Å²) in [6, 6.07) is 0. The SMILES string of the molecule is C=C(S)SC(=C)S. The van der Waals surface area contributed by atoms with E-state index in [2.05, 4.69) is 38.4 Å². The van der Waals surface area contributed by atoms with Crippen molar-refractivity contribution in [2.24, 2.45) is 0 Å². The minimum Gasteiger partial charge on any atom is -0.137 e. The monoisotopic (exact) mass is 150 g/mol. The van der Waals surface area contributed by atoms with E-state index in [0.717, 1.165) is 8.47 Å². The molecule has 3 heteroatoms. The second-order valence-electron chi connectivity index (χ2n) is 0.890. The zero-order chi connectivity index (χ0) is 5.86. The molecule has 40 valence electrons. The lowest BCUT2D eigenvalue weighted by Gasteiger charge is -1.90. The van der Waals surface area contributed by atoms with E-state index in [0.29, 0.717) is 0 Å². The van der Waals surface area contributed by atoms with Crippen LogP contribution in [0.1, 0.15) is 0 Å². The summed E-state index contributed by atoms with van der Waals surface area (Å²) in [7, 11) is 0. The third-order valence-electron chi connectivity index (χ3n) is 0.236. The zero-order valence-corrected chi connectivity index (χ0v) is 6.32. The van der Waals surface area contributed by atoms with Gasteiger partial charge in [0.1, 0.15) is 0 Å². The van der Waals surface area contributed by atoms with Crippen molar-refractivity contribution < 1.29 is 0 Å². The summed E-state index contributed by atoms with van der Waals surface area (Å²) < 4.78 is 1.44. The smallest absolute Gasteiger partial charge is 0.0352 e. The van der Waals surface area contributed by atoms with Crippen LogP contribution in [-0.4, -0.2) is 0 Å². The Morgan fingerprint density at radius 3 is 1.43 bits per heavy atom. The summed E-state index contributed by atoms with van der Waals surface area (Å²) in [5, 5.41) is 0. The normalized spacial score (nSPS) is 8.29. The molecule has 0 saturated carbocycles. The van der Waals surface area contributed by atoms with Gasteiger partial charge in [0, 0.05) is 8.47 Å². The Morgan fingerprint density at radius 1 is 1.14 bits per heavy atom. The highest BCUT2D eigenvalue weighted by Gasteiger charge is 1.85. The molecule has 0 bridgehead atoms. The van der Waals surface area contributed by atoms with E-state index in [1.807, 2.05) is 0 Å². The van der Waals surface area contributed by atoms with Crippen molar-refractivity contribution in [1.29, 1.82) is 0 Å². The minimum absolute atomic E-state index is 0.722. The van der Waals surface area contributed by atoms with Crippen LogP contribution in [0.15, 0.2) is 21.6 Å². The molecule has 0 saturated heterocycles. The van der Waals surface area contributed by atoms with Crippen LogP contribution in [0.5, 0.6) is 0 Å². The van der Waals surface area contributed by atoms with Crippen LogP contribution in [0.25, 0.3) is 0 Å². The van der Waals surface area contributed by atoms with E-state index >= 15 is 0 Å². The van der Waals surface area contributed by atoms with Crippen molar-refractivity contribution in [3.63, 3.8) is 0 Å². The number of thiol groups is 2. The molecule has 0 aromatic heterocycles. The van der Waals surface area contributed by atoms with Gasteiger partial charge >= 0.3 is 0 Å². The van der Waals surface area contributed by atoms with Gasteiger partial charge in [-0.15, -0.1) is 25.3 Å². The summed E-state index contributed by atoms with van der Waals surface area (Å²) in [5.41, 5.74) is 0. The average molecular weight is 150 g/mol. The fourth-order valence-electron chi connectivity index (χ4n) is 0.136. The molecule has 0 unspecified atom stereocenters. The molecule has 0 aromatic carbocycles. The maximum absolute atomic E-state index is 3.90. The van der Waals surface area contributed by atoms with Crippen LogP contribution in [0.2, 0.25) is 0 Å². The van der Waals surface area contributed by atoms with Crippen LogP contribution in [0.3, 0.4) is 0 Å². The highest BCUT2D eigenvalue weighted by atomic mass is 32.2. The van der Waals surface area contributed by atoms with Crippen LogP contribution in [0.4, 0.5) is 0 Å². The van der Waals surface area contributed by atoms with Gasteiger partial charge in [0.05, 0.1) is 0 Å². The molecular formula is C4H6S3. The molecule has 7 heavy (non-hydrogen) atoms. The molecule has 0 spiro atoms. The second kappa shape index (κ2) is 3.52. The molecule has 0 nitrogen and oxygen atoms in total. The average Bonchev–Trinajstić information content (AvgIpc) is 1.27. The molecule has 0 heterocycles. The largest absolute Gasteiger partial charge is 0.137 e. The van der Waals surface area contributed by atoms with Crippen molar-refractivity contribution in [3.8, 4) is 0 Å². The molecule has 0 aliphatic heterocycles. The van der Waals surface area contributed by atoms with E-state index < -0.39 is 0 Å². The highest BCUT2D eigenvalue weighted by molar-refractivity contribution is 8.24. The summed E-state index contributed by atoms with van der Waals surface area (Å²) in [5.74, 6) is 0. The minimum atomic E-state index is 0.722. The zero-order valence-electron chi connectivity index (χ0n) is 3.72. The fraction of sp³-hybridized carbons (Fsp3) is 0. The van der Waals surface area contributed by atoms with E-state index in [4.69, 9.17) is 0 Å². The molecule has 0 aliphatic carbocycles. The maximum Gasteiger partial charge on any atom is 0.0352 e. The first-order valence-electron chi connectivity index (χ1n) is 1.56. The lowest BCUT2D eigenvalue weighted by molar-refractivity contribution is 2.46. The third kappa shape index (κ3) is 6.53. The standard InChI is InChI=1S/C4H6S3/c1-3(5)7-4(2)6/h5-6H,1-2H2. The summed E-state index contributed by atoms with van der Waals surface area (Å²) in [4.78, 5) is 0. The number of rotatable bonds is 2. The van der Waals surface area contributed by atoms with E-state index in [1.54, 1.807) is 0 Å². The Kier molecular flexibility index (Phi) is 3.79. The summed E-state index contributed by atoms with van der Waals surface area (Å²) in [6.45, 7) is 7.03. The molecule has 0 amide bonds. The van der Waals surface area contributed by atoms with Gasteiger partial charge in [-0.05, 0) is 0 Å². The van der Waals surface area contributed by atoms with Gasteiger partial charge in [-0.25, -0.2) is 0 Å². The van der Waals surface area contributed by atoms with E-state index in [-0.39, 0.29) is 0 Å². The molecule has 0 fully saturated rings. The van der Waals surface area contributed by atoms with Crippen LogP contribution < -0.4 is 0 Å². The summed E-state index contributed by atoms with van der Waals surface area (Å²) >= 11 is 9.14. The molecule has 0 rings (SSSR count). The molecule has 0 N–H and O–H groups in total. The Bertz CT molecular complexity index is 83.1. The van der Waals surface area contributed by atoms with Crippen molar-refractivity contribution in [1.82, 2.24) is 0 Å². The Hall–Kier alpha value is 0.530. The summed E-state index contributed by atoms with van der Waals surface area (Å²) in [6.07, 6.45) is 0. The molecule has 0 aliphatic rings. The number of hydrogen-bond donors (Lipinski definition) is 2. The molecule has 0 radical (unpaired) electrons. The first-order valence-corrected chi connectivity index (χ1v) is 3.27. The quantitative estimate of drug-likeness (QED) is 0.570. The lowest BCUT2D eigenvalue weighted by Crippen LogP contribution is -1.52. The first kappa shape index (κ1) is 7.53. The van der Waals surface area contributed by atoms with Crippen LogP contribution in [-0.2, 0) is 0 Å². The van der Waals surface area contributed by atoms with Gasteiger partial charge in [-0.3, -0.25) is 0 Å². The fourth-order valence-corrected chi connectivity index (χ4v) is 1.29. The Balaban J connectivity index is 3.32. The maximum atomic E-state index is 3.90. The molecule has 0 aromatic rings. The Labute approximate surface area is 58.9 Å². The van der Waals surface area contributed by atoms with Gasteiger partial charge in [-0.1, -0.05) is 24.9 Å². The predicted octanol–water partition coefficient (Wildman–Crippen LogP) is 2.52. The van der Waals surface area contributed by atoms with Gasteiger partial charge in [0.2, 0.25) is 0 Å². The highest BCUT2D eigenvalue weighted by Crippen LogP contribution is 2.26. The van der Waals surface area contributed by atoms with Crippen molar-refractivity contribution in [2.45, 2.75) is 0 Å². The van der Waals surface area contributed by atoms with Gasteiger partial charge in [0.25, 0.3) is 0 Å². The van der Waals surface area contributed by atoms with E-state index in [1.165, 1.54) is 11.8 Å². The molecular weight excluding hydrogens is 144 g/mol. The lowest BCUT2D eigenvalue weighted by atomic mass is 11.2. The number of thioether (sulfide) groups is 1. The number of hydrogen-bond acceptors (Lipinski definition) is 3. The third-order valence-corrected chi connectivity index (χ3v) is 1.25.